The van der Waals surface area contributed by atoms with E-state index in [4.69, 9.17) is 0 Å². The molecule has 0 unspecified atom stereocenters. The lowest BCUT2D eigenvalue weighted by molar-refractivity contribution is 0.0876. The molecule has 1 aromatic heterocycles. The van der Waals surface area contributed by atoms with E-state index in [-0.39, 0.29) is 5.91 Å². The summed E-state index contributed by atoms with van der Waals surface area (Å²) in [5.41, 5.74) is 1.76. The van der Waals surface area contributed by atoms with Crippen molar-refractivity contribution in [1.82, 2.24) is 10.2 Å². The zero-order valence-corrected chi connectivity index (χ0v) is 18.5. The summed E-state index contributed by atoms with van der Waals surface area (Å²) in [4.78, 5) is 18.1. The Labute approximate surface area is 175 Å². The maximum Gasteiger partial charge on any atom is 0.261 e. The van der Waals surface area contributed by atoms with Crippen LogP contribution in [-0.2, 0) is 12.8 Å². The Balaban J connectivity index is 1.36. The highest BCUT2D eigenvalue weighted by Gasteiger charge is 2.36. The second-order valence-electron chi connectivity index (χ2n) is 9.82. The number of carbonyl (C=O) groups excluding carboxylic acids is 1. The number of aryl methyl sites for hydroxylation is 2. The van der Waals surface area contributed by atoms with E-state index in [1.165, 1.54) is 101 Å². The number of fused-ring (bicyclic) bond motifs is 1. The normalized spacial score (nSPS) is 23.8. The third-order valence-corrected chi connectivity index (χ3v) is 8.68. The third kappa shape index (κ3) is 4.99. The van der Waals surface area contributed by atoms with Crippen LogP contribution in [0.1, 0.15) is 91.2 Å². The quantitative estimate of drug-likeness (QED) is 0.712. The first kappa shape index (κ1) is 20.4. The van der Waals surface area contributed by atoms with Crippen molar-refractivity contribution in [1.29, 1.82) is 0 Å². The molecule has 1 aliphatic heterocycles. The summed E-state index contributed by atoms with van der Waals surface area (Å²) in [6.45, 7) is 6.91. The summed E-state index contributed by atoms with van der Waals surface area (Å²) in [5, 5.41) is 3.37. The number of thiophene rings is 1. The topological polar surface area (TPSA) is 32.3 Å². The Morgan fingerprint density at radius 3 is 2.57 bits per heavy atom. The van der Waals surface area contributed by atoms with Gasteiger partial charge in [0.2, 0.25) is 0 Å². The first-order chi connectivity index (χ1) is 13.6. The van der Waals surface area contributed by atoms with E-state index in [1.807, 2.05) is 0 Å². The number of rotatable bonds is 5. The van der Waals surface area contributed by atoms with Gasteiger partial charge in [0, 0.05) is 23.4 Å². The Kier molecular flexibility index (Phi) is 6.78. The van der Waals surface area contributed by atoms with Crippen molar-refractivity contribution in [3.63, 3.8) is 0 Å². The second kappa shape index (κ2) is 9.30. The van der Waals surface area contributed by atoms with Gasteiger partial charge < -0.3 is 10.2 Å². The Morgan fingerprint density at radius 1 is 1.11 bits per heavy atom. The van der Waals surface area contributed by atoms with Crippen LogP contribution >= 0.6 is 11.3 Å². The summed E-state index contributed by atoms with van der Waals surface area (Å²) < 4.78 is 0. The predicted octanol–water partition coefficient (Wildman–Crippen LogP) is 5.43. The second-order valence-corrected chi connectivity index (χ2v) is 11.0. The smallest absolute Gasteiger partial charge is 0.261 e. The largest absolute Gasteiger partial charge is 0.351 e. The molecule has 1 N–H and O–H groups in total. The number of carbonyl (C=O) groups is 1. The fourth-order valence-corrected chi connectivity index (χ4v) is 6.69. The van der Waals surface area contributed by atoms with E-state index in [9.17, 15) is 4.79 Å². The van der Waals surface area contributed by atoms with Crippen LogP contribution in [0.5, 0.6) is 0 Å². The monoisotopic (exact) mass is 402 g/mol. The van der Waals surface area contributed by atoms with E-state index in [0.29, 0.717) is 5.41 Å². The maximum atomic E-state index is 13.0. The fourth-order valence-electron chi connectivity index (χ4n) is 5.52. The van der Waals surface area contributed by atoms with Crippen molar-refractivity contribution in [3.05, 3.63) is 21.4 Å². The zero-order valence-electron chi connectivity index (χ0n) is 17.7. The molecule has 156 valence electrons. The predicted molar refractivity (Wildman–Crippen MR) is 118 cm³/mol. The maximum absolute atomic E-state index is 13.0. The van der Waals surface area contributed by atoms with Crippen LogP contribution in [0.3, 0.4) is 0 Å². The van der Waals surface area contributed by atoms with Crippen molar-refractivity contribution < 1.29 is 4.79 Å². The van der Waals surface area contributed by atoms with Gasteiger partial charge in [-0.25, -0.2) is 0 Å². The minimum atomic E-state index is 0.176. The summed E-state index contributed by atoms with van der Waals surface area (Å²) >= 11 is 1.76. The number of piperidine rings is 1. The third-order valence-electron chi connectivity index (χ3n) is 7.44. The number of amides is 1. The zero-order chi connectivity index (χ0) is 19.4. The minimum absolute atomic E-state index is 0.176. The molecule has 0 spiro atoms. The van der Waals surface area contributed by atoms with Crippen molar-refractivity contribution in [2.24, 2.45) is 11.3 Å². The van der Waals surface area contributed by atoms with Gasteiger partial charge in [0.15, 0.2) is 0 Å². The average molecular weight is 403 g/mol. The number of nitrogens with one attached hydrogen (secondary N) is 1. The molecule has 1 saturated heterocycles. The van der Waals surface area contributed by atoms with Crippen molar-refractivity contribution >= 4 is 17.2 Å². The van der Waals surface area contributed by atoms with Crippen LogP contribution in [-0.4, -0.2) is 37.0 Å². The molecular formula is C24H38N2OS. The van der Waals surface area contributed by atoms with Crippen molar-refractivity contribution in [2.45, 2.75) is 84.0 Å². The number of nitrogens with zero attached hydrogens (tertiary/aromatic N) is 1. The lowest BCUT2D eigenvalue weighted by Gasteiger charge is -2.38. The molecule has 0 bridgehead atoms. The molecular weight excluding hydrogens is 364 g/mol. The number of hydrogen-bond donors (Lipinski definition) is 1. The minimum Gasteiger partial charge on any atom is -0.351 e. The number of hydrogen-bond acceptors (Lipinski definition) is 3. The van der Waals surface area contributed by atoms with Crippen LogP contribution in [0.4, 0.5) is 0 Å². The standard InChI is InChI=1S/C24H38N2OS/c1-19-10-14-26(15-11-19)18-24(12-6-7-13-24)17-25-23(27)22-16-20-8-4-2-3-5-9-21(20)28-22/h16,19H,2-15,17-18H2,1H3,(H,25,27). The van der Waals surface area contributed by atoms with Gasteiger partial charge in [0.05, 0.1) is 4.88 Å². The molecule has 3 aliphatic rings. The van der Waals surface area contributed by atoms with Crippen LogP contribution in [0, 0.1) is 11.3 Å². The molecule has 2 aliphatic carbocycles. The lowest BCUT2D eigenvalue weighted by Crippen LogP contribution is -2.46. The highest BCUT2D eigenvalue weighted by Crippen LogP contribution is 2.39. The molecule has 0 aromatic carbocycles. The van der Waals surface area contributed by atoms with E-state index >= 15 is 0 Å². The summed E-state index contributed by atoms with van der Waals surface area (Å²) in [6, 6.07) is 2.20. The van der Waals surface area contributed by atoms with E-state index in [2.05, 4.69) is 23.2 Å². The summed E-state index contributed by atoms with van der Waals surface area (Å²) in [6.07, 6.45) is 15.5. The SMILES string of the molecule is CC1CCN(CC2(CNC(=O)c3cc4c(s3)CCCCCC4)CCCC2)CC1. The summed E-state index contributed by atoms with van der Waals surface area (Å²) in [5.74, 6) is 1.06. The van der Waals surface area contributed by atoms with Crippen LogP contribution in [0.2, 0.25) is 0 Å². The van der Waals surface area contributed by atoms with E-state index < -0.39 is 0 Å². The van der Waals surface area contributed by atoms with Gasteiger partial charge >= 0.3 is 0 Å². The van der Waals surface area contributed by atoms with Crippen LogP contribution in [0.25, 0.3) is 0 Å². The highest BCUT2D eigenvalue weighted by atomic mass is 32.1. The van der Waals surface area contributed by atoms with Gasteiger partial charge in [-0.1, -0.05) is 32.6 Å². The molecule has 1 aromatic rings. The first-order valence-electron chi connectivity index (χ1n) is 11.8. The molecule has 28 heavy (non-hydrogen) atoms. The van der Waals surface area contributed by atoms with Crippen molar-refractivity contribution in [3.8, 4) is 0 Å². The Hall–Kier alpha value is -0.870. The van der Waals surface area contributed by atoms with Crippen LogP contribution in [0.15, 0.2) is 6.07 Å². The highest BCUT2D eigenvalue weighted by molar-refractivity contribution is 7.14. The fraction of sp³-hybridized carbons (Fsp3) is 0.792. The Morgan fingerprint density at radius 2 is 1.82 bits per heavy atom. The Bertz CT molecular complexity index is 628. The molecule has 2 heterocycles. The van der Waals surface area contributed by atoms with Crippen LogP contribution < -0.4 is 5.32 Å². The first-order valence-corrected chi connectivity index (χ1v) is 12.6. The van der Waals surface area contributed by atoms with Crippen molar-refractivity contribution in [2.75, 3.05) is 26.2 Å². The molecule has 1 amide bonds. The van der Waals surface area contributed by atoms with Gasteiger partial charge in [0.1, 0.15) is 0 Å². The molecule has 1 saturated carbocycles. The molecule has 4 rings (SSSR count). The number of likely N-dealkylation sites (tertiary alicyclic amines) is 1. The average Bonchev–Trinajstić information content (AvgIpc) is 3.29. The van der Waals surface area contributed by atoms with E-state index in [0.717, 1.165) is 23.8 Å². The molecule has 4 heteroatoms. The molecule has 0 atom stereocenters. The van der Waals surface area contributed by atoms with Gasteiger partial charge in [-0.3, -0.25) is 4.79 Å². The van der Waals surface area contributed by atoms with Gasteiger partial charge in [-0.2, -0.15) is 0 Å². The van der Waals surface area contributed by atoms with Gasteiger partial charge in [-0.15, -0.1) is 11.3 Å². The van der Waals surface area contributed by atoms with Gasteiger partial charge in [0.25, 0.3) is 5.91 Å². The van der Waals surface area contributed by atoms with E-state index in [1.54, 1.807) is 11.3 Å². The van der Waals surface area contributed by atoms with Gasteiger partial charge in [-0.05, 0) is 82.0 Å². The molecule has 3 nitrogen and oxygen atoms in total. The summed E-state index contributed by atoms with van der Waals surface area (Å²) in [7, 11) is 0. The molecule has 2 fully saturated rings. The molecule has 0 radical (unpaired) electrons. The lowest BCUT2D eigenvalue weighted by atomic mass is 9.84.